The Kier molecular flexibility index (Phi) is 2.14. The molecule has 0 bridgehead atoms. The van der Waals surface area contributed by atoms with Gasteiger partial charge in [-0.3, -0.25) is 4.79 Å². The van der Waals surface area contributed by atoms with Crippen molar-refractivity contribution in [1.82, 2.24) is 0 Å². The number of carbonyl (C=O) groups is 1. The summed E-state index contributed by atoms with van der Waals surface area (Å²) >= 11 is 0. The molecular formula is C9H7O3. The molecule has 0 saturated heterocycles. The fraction of sp³-hybridized carbons (Fsp3) is 0. The van der Waals surface area contributed by atoms with Crippen LogP contribution >= 0.6 is 0 Å². The summed E-state index contributed by atoms with van der Waals surface area (Å²) in [7, 11) is 0. The molecule has 0 fully saturated rings. The van der Waals surface area contributed by atoms with Gasteiger partial charge in [0.1, 0.15) is 11.5 Å². The zero-order valence-electron chi connectivity index (χ0n) is 6.19. The second-order valence-corrected chi connectivity index (χ2v) is 2.23. The molecule has 12 heavy (non-hydrogen) atoms. The normalized spacial score (nSPS) is 9.33. The summed E-state index contributed by atoms with van der Waals surface area (Å²) < 4.78 is 0. The number of ketones is 1. The van der Waals surface area contributed by atoms with Crippen LogP contribution in [0.4, 0.5) is 0 Å². The number of hydrogen-bond donors (Lipinski definition) is 2. The Morgan fingerprint density at radius 2 is 2.08 bits per heavy atom. The second-order valence-electron chi connectivity index (χ2n) is 2.23. The van der Waals surface area contributed by atoms with Crippen LogP contribution in [0.15, 0.2) is 24.3 Å². The molecule has 0 aliphatic heterocycles. The minimum atomic E-state index is -0.479. The topological polar surface area (TPSA) is 57.5 Å². The number of hydrogen-bond acceptors (Lipinski definition) is 3. The maximum Gasteiger partial charge on any atom is 0.189 e. The van der Waals surface area contributed by atoms with Crippen molar-refractivity contribution in [3.63, 3.8) is 0 Å². The maximum atomic E-state index is 10.9. The number of phenolic OH excluding ortho intramolecular Hbond substituents is 2. The molecule has 0 saturated carbocycles. The van der Waals surface area contributed by atoms with Crippen LogP contribution in [0.25, 0.3) is 0 Å². The first-order chi connectivity index (χ1) is 5.65. The van der Waals surface area contributed by atoms with Gasteiger partial charge in [0.05, 0.1) is 5.56 Å². The van der Waals surface area contributed by atoms with E-state index in [2.05, 4.69) is 0 Å². The lowest BCUT2D eigenvalue weighted by atomic mass is 10.1. The second kappa shape index (κ2) is 3.09. The molecule has 3 heteroatoms. The predicted octanol–water partition coefficient (Wildman–Crippen LogP) is 1.27. The van der Waals surface area contributed by atoms with Crippen LogP contribution in [-0.4, -0.2) is 16.0 Å². The molecule has 3 nitrogen and oxygen atoms in total. The van der Waals surface area contributed by atoms with E-state index in [4.69, 9.17) is 16.8 Å². The molecule has 0 aliphatic carbocycles. The monoisotopic (exact) mass is 163 g/mol. The van der Waals surface area contributed by atoms with E-state index in [1.807, 2.05) is 0 Å². The molecule has 1 aromatic carbocycles. The van der Waals surface area contributed by atoms with Gasteiger partial charge < -0.3 is 10.2 Å². The van der Waals surface area contributed by atoms with E-state index >= 15 is 0 Å². The number of rotatable bonds is 2. The maximum absolute atomic E-state index is 10.9. The van der Waals surface area contributed by atoms with E-state index in [-0.39, 0.29) is 17.1 Å². The highest BCUT2D eigenvalue weighted by molar-refractivity contribution is 6.05. The molecule has 0 unspecified atom stereocenters. The Morgan fingerprint density at radius 3 is 2.58 bits per heavy atom. The first-order valence-electron chi connectivity index (χ1n) is 3.26. The van der Waals surface area contributed by atoms with Gasteiger partial charge >= 0.3 is 0 Å². The third kappa shape index (κ3) is 1.45. The molecule has 0 spiro atoms. The fourth-order valence-corrected chi connectivity index (χ4v) is 0.818. The summed E-state index contributed by atoms with van der Waals surface area (Å²) in [5.41, 5.74) is 0.0790. The highest BCUT2D eigenvalue weighted by atomic mass is 16.3. The van der Waals surface area contributed by atoms with E-state index in [0.717, 1.165) is 12.1 Å². The summed E-state index contributed by atoms with van der Waals surface area (Å²) in [5.74, 6) is -0.852. The van der Waals surface area contributed by atoms with Crippen molar-refractivity contribution in [2.45, 2.75) is 0 Å². The first-order valence-corrected chi connectivity index (χ1v) is 3.26. The quantitative estimate of drug-likeness (QED) is 0.510. The average molecular weight is 163 g/mol. The van der Waals surface area contributed by atoms with Gasteiger partial charge in [-0.05, 0) is 18.2 Å². The molecule has 2 N–H and O–H groups in total. The molecule has 61 valence electrons. The SMILES string of the molecule is [CH]=CC(=O)c1ccc(O)cc1O. The number of phenols is 2. The molecular weight excluding hydrogens is 156 g/mol. The molecule has 0 aromatic heterocycles. The number of aromatic hydroxyl groups is 2. The summed E-state index contributed by atoms with van der Waals surface area (Å²) in [4.78, 5) is 10.9. The Balaban J connectivity index is 3.18. The number of allylic oxidation sites excluding steroid dienone is 1. The average Bonchev–Trinajstić information content (AvgIpc) is 2.03. The Labute approximate surface area is 69.6 Å². The van der Waals surface area contributed by atoms with Crippen molar-refractivity contribution >= 4 is 5.78 Å². The van der Waals surface area contributed by atoms with Crippen molar-refractivity contribution in [2.75, 3.05) is 0 Å². The summed E-state index contributed by atoms with van der Waals surface area (Å²) in [6.07, 6.45) is 0.853. The lowest BCUT2D eigenvalue weighted by Gasteiger charge is -1.99. The zero-order chi connectivity index (χ0) is 9.14. The smallest absolute Gasteiger partial charge is 0.189 e. The third-order valence-electron chi connectivity index (χ3n) is 1.40. The van der Waals surface area contributed by atoms with Crippen molar-refractivity contribution in [1.29, 1.82) is 0 Å². The molecule has 0 heterocycles. The zero-order valence-corrected chi connectivity index (χ0v) is 6.19. The Morgan fingerprint density at radius 1 is 1.42 bits per heavy atom. The minimum Gasteiger partial charge on any atom is -0.508 e. The molecule has 1 aromatic rings. The van der Waals surface area contributed by atoms with Gasteiger partial charge in [-0.25, -0.2) is 0 Å². The van der Waals surface area contributed by atoms with E-state index in [0.29, 0.717) is 0 Å². The highest BCUT2D eigenvalue weighted by Gasteiger charge is 2.07. The standard InChI is InChI=1S/C9H7O3/c1-2-8(11)7-4-3-6(10)5-9(7)12/h1-5,10,12H. The van der Waals surface area contributed by atoms with Gasteiger partial charge in [0, 0.05) is 6.07 Å². The van der Waals surface area contributed by atoms with Crippen LogP contribution in [0.1, 0.15) is 10.4 Å². The Hall–Kier alpha value is -1.77. The van der Waals surface area contributed by atoms with Crippen LogP contribution in [0.2, 0.25) is 0 Å². The van der Waals surface area contributed by atoms with Crippen molar-refractivity contribution in [3.05, 3.63) is 36.4 Å². The van der Waals surface area contributed by atoms with E-state index in [1.165, 1.54) is 12.1 Å². The number of carbonyl (C=O) groups excluding carboxylic acids is 1. The summed E-state index contributed by atoms with van der Waals surface area (Å²) in [6, 6.07) is 3.68. The van der Waals surface area contributed by atoms with Crippen molar-refractivity contribution in [2.24, 2.45) is 0 Å². The lowest BCUT2D eigenvalue weighted by molar-refractivity contribution is 0.104. The van der Waals surface area contributed by atoms with Crippen LogP contribution < -0.4 is 0 Å². The van der Waals surface area contributed by atoms with Crippen LogP contribution in [0.3, 0.4) is 0 Å². The summed E-state index contributed by atoms with van der Waals surface area (Å²) in [5, 5.41) is 18.0. The fourth-order valence-electron chi connectivity index (χ4n) is 0.818. The van der Waals surface area contributed by atoms with E-state index in [1.54, 1.807) is 0 Å². The number of benzene rings is 1. The predicted molar refractivity (Wildman–Crippen MR) is 43.0 cm³/mol. The van der Waals surface area contributed by atoms with Crippen molar-refractivity contribution < 1.29 is 15.0 Å². The molecule has 1 rings (SSSR count). The van der Waals surface area contributed by atoms with Gasteiger partial charge in [0.25, 0.3) is 0 Å². The highest BCUT2D eigenvalue weighted by Crippen LogP contribution is 2.22. The van der Waals surface area contributed by atoms with Crippen LogP contribution in [0, 0.1) is 6.58 Å². The molecule has 0 aliphatic rings. The Bertz CT molecular complexity index is 329. The van der Waals surface area contributed by atoms with Gasteiger partial charge in [-0.2, -0.15) is 0 Å². The molecule has 0 amide bonds. The summed E-state index contributed by atoms with van der Waals surface area (Å²) in [6.45, 7) is 4.96. The van der Waals surface area contributed by atoms with Crippen molar-refractivity contribution in [3.8, 4) is 11.5 Å². The molecule has 0 atom stereocenters. The van der Waals surface area contributed by atoms with Crippen LogP contribution in [0.5, 0.6) is 11.5 Å². The lowest BCUT2D eigenvalue weighted by Crippen LogP contribution is -1.93. The largest absolute Gasteiger partial charge is 0.508 e. The van der Waals surface area contributed by atoms with Gasteiger partial charge in [-0.1, -0.05) is 6.58 Å². The minimum absolute atomic E-state index is 0.0790. The molecule has 1 radical (unpaired) electrons. The first kappa shape index (κ1) is 8.33. The third-order valence-corrected chi connectivity index (χ3v) is 1.40. The van der Waals surface area contributed by atoms with Gasteiger partial charge in [-0.15, -0.1) is 0 Å². The van der Waals surface area contributed by atoms with Gasteiger partial charge in [0.15, 0.2) is 5.78 Å². The van der Waals surface area contributed by atoms with Gasteiger partial charge in [0.2, 0.25) is 0 Å². The van der Waals surface area contributed by atoms with E-state index < -0.39 is 5.78 Å². The van der Waals surface area contributed by atoms with Crippen LogP contribution in [-0.2, 0) is 0 Å². The van der Waals surface area contributed by atoms with E-state index in [9.17, 15) is 4.79 Å².